The number of benzene rings is 2. The maximum Gasteiger partial charge on any atom is 0.239 e. The molecule has 1 aliphatic heterocycles. The molecule has 0 aromatic heterocycles. The molecule has 4 heteroatoms. The smallest absolute Gasteiger partial charge is 0.239 e. The summed E-state index contributed by atoms with van der Waals surface area (Å²) in [4.78, 5) is 14.3. The van der Waals surface area contributed by atoms with Crippen LogP contribution in [0.15, 0.2) is 42.5 Å². The van der Waals surface area contributed by atoms with Crippen LogP contribution >= 0.6 is 12.4 Å². The van der Waals surface area contributed by atoms with Crippen LogP contribution in [0.25, 0.3) is 10.8 Å². The van der Waals surface area contributed by atoms with Gasteiger partial charge in [0.1, 0.15) is 0 Å². The third-order valence-electron chi connectivity index (χ3n) is 4.22. The first-order valence-corrected chi connectivity index (χ1v) is 7.70. The highest BCUT2D eigenvalue weighted by atomic mass is 35.5. The van der Waals surface area contributed by atoms with Gasteiger partial charge in [0, 0.05) is 13.6 Å². The molecule has 1 fully saturated rings. The quantitative estimate of drug-likeness (QED) is 0.941. The summed E-state index contributed by atoms with van der Waals surface area (Å²) in [6.07, 6.45) is 3.28. The van der Waals surface area contributed by atoms with E-state index in [0.29, 0.717) is 6.54 Å². The molecule has 0 aliphatic carbocycles. The third-order valence-corrected chi connectivity index (χ3v) is 4.22. The maximum absolute atomic E-state index is 12.4. The lowest BCUT2D eigenvalue weighted by molar-refractivity contribution is -0.133. The summed E-state index contributed by atoms with van der Waals surface area (Å²) in [5.41, 5.74) is 1.18. The number of piperidine rings is 1. The van der Waals surface area contributed by atoms with Gasteiger partial charge in [-0.3, -0.25) is 4.79 Å². The van der Waals surface area contributed by atoms with Crippen molar-refractivity contribution in [2.75, 3.05) is 13.6 Å². The Morgan fingerprint density at radius 3 is 2.68 bits per heavy atom. The standard InChI is InChI=1S/C18H22N2O.ClH/c1-20(18(21)17-8-4-5-11-19-17)13-14-9-10-15-6-2-3-7-16(15)12-14;/h2-3,6-7,9-10,12,17,19H,4-5,8,11,13H2,1H3;1H/t17-;/m0./s1. The zero-order valence-corrected chi connectivity index (χ0v) is 13.7. The van der Waals surface area contributed by atoms with Crippen LogP contribution in [0.4, 0.5) is 0 Å². The first kappa shape index (κ1) is 16.8. The van der Waals surface area contributed by atoms with Crippen molar-refractivity contribution in [1.82, 2.24) is 10.2 Å². The van der Waals surface area contributed by atoms with E-state index in [0.717, 1.165) is 19.4 Å². The van der Waals surface area contributed by atoms with E-state index in [1.54, 1.807) is 0 Å². The first-order chi connectivity index (χ1) is 10.2. The number of hydrogen-bond acceptors (Lipinski definition) is 2. The lowest BCUT2D eigenvalue weighted by Gasteiger charge is -2.27. The predicted molar refractivity (Wildman–Crippen MR) is 93.3 cm³/mol. The Labute approximate surface area is 138 Å². The molecule has 0 radical (unpaired) electrons. The Balaban J connectivity index is 0.00000176. The number of halogens is 1. The van der Waals surface area contributed by atoms with Crippen molar-refractivity contribution in [1.29, 1.82) is 0 Å². The van der Waals surface area contributed by atoms with Crippen LogP contribution in [-0.4, -0.2) is 30.4 Å². The molecule has 0 bridgehead atoms. The minimum absolute atomic E-state index is 0. The minimum Gasteiger partial charge on any atom is -0.340 e. The molecule has 0 saturated carbocycles. The van der Waals surface area contributed by atoms with Crippen LogP contribution in [0.3, 0.4) is 0 Å². The van der Waals surface area contributed by atoms with E-state index in [-0.39, 0.29) is 24.4 Å². The molecule has 1 aliphatic rings. The van der Waals surface area contributed by atoms with Crippen LogP contribution in [0.1, 0.15) is 24.8 Å². The molecule has 22 heavy (non-hydrogen) atoms. The van der Waals surface area contributed by atoms with Gasteiger partial charge in [-0.05, 0) is 41.8 Å². The fourth-order valence-corrected chi connectivity index (χ4v) is 3.02. The molecule has 3 nitrogen and oxygen atoms in total. The number of likely N-dealkylation sites (N-methyl/N-ethyl adjacent to an activating group) is 1. The van der Waals surface area contributed by atoms with Crippen molar-refractivity contribution in [3.8, 4) is 0 Å². The minimum atomic E-state index is 0. The molecule has 1 saturated heterocycles. The van der Waals surface area contributed by atoms with Gasteiger partial charge in [-0.2, -0.15) is 0 Å². The van der Waals surface area contributed by atoms with Crippen LogP contribution in [0, 0.1) is 0 Å². The van der Waals surface area contributed by atoms with Gasteiger partial charge >= 0.3 is 0 Å². The fourth-order valence-electron chi connectivity index (χ4n) is 3.02. The van der Waals surface area contributed by atoms with Gasteiger partial charge in [0.15, 0.2) is 0 Å². The zero-order chi connectivity index (χ0) is 14.7. The first-order valence-electron chi connectivity index (χ1n) is 7.70. The van der Waals surface area contributed by atoms with Crippen LogP contribution in [0.2, 0.25) is 0 Å². The molecule has 0 spiro atoms. The summed E-state index contributed by atoms with van der Waals surface area (Å²) >= 11 is 0. The highest BCUT2D eigenvalue weighted by Crippen LogP contribution is 2.17. The highest BCUT2D eigenvalue weighted by molar-refractivity contribution is 5.85. The van der Waals surface area contributed by atoms with Crippen molar-refractivity contribution in [2.45, 2.75) is 31.8 Å². The Kier molecular flexibility index (Phi) is 5.81. The molecule has 1 atom stereocenters. The normalized spacial score (nSPS) is 17.8. The molecule has 1 N–H and O–H groups in total. The number of fused-ring (bicyclic) bond motifs is 1. The Hall–Kier alpha value is -1.58. The van der Waals surface area contributed by atoms with E-state index in [4.69, 9.17) is 0 Å². The van der Waals surface area contributed by atoms with Crippen LogP contribution in [-0.2, 0) is 11.3 Å². The van der Waals surface area contributed by atoms with E-state index >= 15 is 0 Å². The lowest BCUT2D eigenvalue weighted by atomic mass is 10.0. The molecule has 1 heterocycles. The van der Waals surface area contributed by atoms with Crippen molar-refractivity contribution in [3.63, 3.8) is 0 Å². The number of amides is 1. The SMILES string of the molecule is CN(Cc1ccc2ccccc2c1)C(=O)[C@@H]1CCCCN1.Cl. The summed E-state index contributed by atoms with van der Waals surface area (Å²) < 4.78 is 0. The molecule has 0 unspecified atom stereocenters. The topological polar surface area (TPSA) is 32.3 Å². The zero-order valence-electron chi connectivity index (χ0n) is 12.9. The van der Waals surface area contributed by atoms with Gasteiger partial charge in [-0.15, -0.1) is 12.4 Å². The summed E-state index contributed by atoms with van der Waals surface area (Å²) in [5, 5.41) is 5.79. The van der Waals surface area contributed by atoms with E-state index in [1.165, 1.54) is 22.8 Å². The Morgan fingerprint density at radius 1 is 1.18 bits per heavy atom. The van der Waals surface area contributed by atoms with Crippen LogP contribution in [0.5, 0.6) is 0 Å². The van der Waals surface area contributed by atoms with Gasteiger partial charge in [-0.1, -0.05) is 42.8 Å². The number of nitrogens with one attached hydrogen (secondary N) is 1. The summed E-state index contributed by atoms with van der Waals surface area (Å²) in [6.45, 7) is 1.63. The van der Waals surface area contributed by atoms with Gasteiger partial charge < -0.3 is 10.2 Å². The Bertz CT molecular complexity index is 638. The van der Waals surface area contributed by atoms with E-state index in [9.17, 15) is 4.79 Å². The second-order valence-electron chi connectivity index (χ2n) is 5.88. The number of hydrogen-bond donors (Lipinski definition) is 1. The van der Waals surface area contributed by atoms with Gasteiger partial charge in [0.2, 0.25) is 5.91 Å². The second kappa shape index (κ2) is 7.61. The maximum atomic E-state index is 12.4. The van der Waals surface area contributed by atoms with Crippen molar-refractivity contribution < 1.29 is 4.79 Å². The predicted octanol–water partition coefficient (Wildman–Crippen LogP) is 3.36. The molecule has 3 rings (SSSR count). The fraction of sp³-hybridized carbons (Fsp3) is 0.389. The average molecular weight is 319 g/mol. The van der Waals surface area contributed by atoms with Gasteiger partial charge in [0.05, 0.1) is 6.04 Å². The van der Waals surface area contributed by atoms with Gasteiger partial charge in [0.25, 0.3) is 0 Å². The third kappa shape index (κ3) is 3.79. The molecular weight excluding hydrogens is 296 g/mol. The largest absolute Gasteiger partial charge is 0.340 e. The number of carbonyl (C=O) groups excluding carboxylic acids is 1. The van der Waals surface area contributed by atoms with E-state index < -0.39 is 0 Å². The molecule has 2 aromatic rings. The molecule has 1 amide bonds. The molecular formula is C18H23ClN2O. The van der Waals surface area contributed by atoms with Crippen molar-refractivity contribution >= 4 is 29.1 Å². The average Bonchev–Trinajstić information content (AvgIpc) is 2.55. The number of nitrogens with zero attached hydrogens (tertiary/aromatic N) is 1. The van der Waals surface area contributed by atoms with E-state index in [2.05, 4.69) is 35.6 Å². The number of rotatable bonds is 3. The molecule has 118 valence electrons. The van der Waals surface area contributed by atoms with Crippen molar-refractivity contribution in [3.05, 3.63) is 48.0 Å². The van der Waals surface area contributed by atoms with Crippen molar-refractivity contribution in [2.24, 2.45) is 0 Å². The summed E-state index contributed by atoms with van der Waals surface area (Å²) in [7, 11) is 1.90. The molecule has 2 aromatic carbocycles. The van der Waals surface area contributed by atoms with E-state index in [1.807, 2.05) is 24.1 Å². The summed E-state index contributed by atoms with van der Waals surface area (Å²) in [5.74, 6) is 0.211. The monoisotopic (exact) mass is 318 g/mol. The lowest BCUT2D eigenvalue weighted by Crippen LogP contribution is -2.46. The van der Waals surface area contributed by atoms with Gasteiger partial charge in [-0.25, -0.2) is 0 Å². The number of carbonyl (C=O) groups is 1. The highest BCUT2D eigenvalue weighted by Gasteiger charge is 2.23. The second-order valence-corrected chi connectivity index (χ2v) is 5.88. The Morgan fingerprint density at radius 2 is 1.95 bits per heavy atom. The van der Waals surface area contributed by atoms with Crippen LogP contribution < -0.4 is 5.32 Å². The summed E-state index contributed by atoms with van der Waals surface area (Å²) in [6, 6.07) is 14.7.